The third kappa shape index (κ3) is 29.5. The Hall–Kier alpha value is -2.90. The Bertz CT molecular complexity index is 970. The highest BCUT2D eigenvalue weighted by Gasteiger charge is 2.15. The Morgan fingerprint density at radius 1 is 0.426 bits per heavy atom. The number of benzene rings is 1. The fourth-order valence-electron chi connectivity index (χ4n) is 5.91. The lowest BCUT2D eigenvalue weighted by Gasteiger charge is -2.15. The smallest absolute Gasteiger partial charge is 0.338 e. The lowest BCUT2D eigenvalue weighted by molar-refractivity contribution is -0.146. The fraction of sp³-hybridized carbons (Fsp3) is 0.783. The molecule has 54 heavy (non-hydrogen) atoms. The summed E-state index contributed by atoms with van der Waals surface area (Å²) in [4.78, 5) is 47.7. The number of carbonyl (C=O) groups is 4. The second-order valence-corrected chi connectivity index (χ2v) is 14.8. The van der Waals surface area contributed by atoms with Gasteiger partial charge in [-0.1, -0.05) is 144 Å². The highest BCUT2D eigenvalue weighted by molar-refractivity contribution is 5.93. The van der Waals surface area contributed by atoms with Crippen LogP contribution in [0.4, 0.5) is 0 Å². The first-order valence-electron chi connectivity index (χ1n) is 22.0. The van der Waals surface area contributed by atoms with E-state index in [4.69, 9.17) is 18.9 Å². The van der Waals surface area contributed by atoms with Crippen LogP contribution < -0.4 is 0 Å². The van der Waals surface area contributed by atoms with E-state index in [0.717, 1.165) is 77.0 Å². The van der Waals surface area contributed by atoms with Crippen molar-refractivity contribution in [1.29, 1.82) is 0 Å². The van der Waals surface area contributed by atoms with Gasteiger partial charge >= 0.3 is 23.9 Å². The molecule has 0 heterocycles. The van der Waals surface area contributed by atoms with E-state index in [2.05, 4.69) is 41.5 Å². The van der Waals surface area contributed by atoms with E-state index in [1.807, 2.05) is 0 Å². The maximum atomic E-state index is 12.2. The molecule has 0 spiro atoms. The molecule has 1 rings (SSSR count). The predicted octanol–water partition coefficient (Wildman–Crippen LogP) is 12.8. The minimum absolute atomic E-state index is 0.140. The Morgan fingerprint density at radius 3 is 1.09 bits per heavy atom. The number of unbranched alkanes of at least 4 members (excludes halogenated alkanes) is 13. The second kappa shape index (κ2) is 37.0. The highest BCUT2D eigenvalue weighted by Crippen LogP contribution is 2.17. The van der Waals surface area contributed by atoms with E-state index < -0.39 is 0 Å². The zero-order valence-corrected chi connectivity index (χ0v) is 35.5. The van der Waals surface area contributed by atoms with Crippen LogP contribution in [0, 0.1) is 11.8 Å². The van der Waals surface area contributed by atoms with E-state index in [1.54, 1.807) is 24.3 Å². The lowest BCUT2D eigenvalue weighted by Crippen LogP contribution is -2.15. The van der Waals surface area contributed by atoms with Crippen molar-refractivity contribution >= 4 is 23.9 Å². The molecule has 0 aromatic heterocycles. The molecule has 0 aliphatic heterocycles. The van der Waals surface area contributed by atoms with Crippen LogP contribution in [0.25, 0.3) is 0 Å². The van der Waals surface area contributed by atoms with Crippen molar-refractivity contribution in [3.63, 3.8) is 0 Å². The molecule has 1 aromatic rings. The molecule has 8 heteroatoms. The minimum Gasteiger partial charge on any atom is -0.466 e. The van der Waals surface area contributed by atoms with Gasteiger partial charge in [0.2, 0.25) is 0 Å². The first-order chi connectivity index (χ1) is 26.3. The summed E-state index contributed by atoms with van der Waals surface area (Å²) in [7, 11) is 0. The van der Waals surface area contributed by atoms with Gasteiger partial charge in [-0.3, -0.25) is 9.59 Å². The summed E-state index contributed by atoms with van der Waals surface area (Å²) in [6.07, 6.45) is 25.3. The van der Waals surface area contributed by atoms with E-state index in [9.17, 15) is 19.2 Å². The molecule has 0 bridgehead atoms. The molecule has 0 fully saturated rings. The lowest BCUT2D eigenvalue weighted by atomic mass is 10.0. The third-order valence-corrected chi connectivity index (χ3v) is 9.88. The van der Waals surface area contributed by atoms with Gasteiger partial charge in [-0.05, 0) is 74.6 Å². The zero-order chi connectivity index (χ0) is 40.1. The average molecular weight is 761 g/mol. The van der Waals surface area contributed by atoms with Crippen LogP contribution >= 0.6 is 0 Å². The van der Waals surface area contributed by atoms with Crippen molar-refractivity contribution in [2.75, 3.05) is 26.4 Å². The molecule has 8 nitrogen and oxygen atoms in total. The van der Waals surface area contributed by atoms with Crippen molar-refractivity contribution in [2.45, 2.75) is 196 Å². The summed E-state index contributed by atoms with van der Waals surface area (Å²) in [5, 5.41) is 0. The molecule has 312 valence electrons. The van der Waals surface area contributed by atoms with Gasteiger partial charge in [-0.2, -0.15) is 0 Å². The molecular formula is C46H80O8. The SMILES string of the molecule is CCCCC(CC)COC(=O)c1ccc(C(=O)OCC(CC)CCCC)cc1.CCCCCCCCOC(=O)CCCCC(=O)OCCCCCCCC. The standard InChI is InChI=1S/C24H38O4.C22H42O4/c1-5-9-11-19(7-3)17-27-23(25)21-13-15-22(16-14-21)24(26)28-18-20(8-4)12-10-6-2;1-3-5-7-9-11-15-19-25-21(23)17-13-14-18-22(24)26-20-16-12-10-8-6-4-2/h13-16,19-20H,5-12,17-18H2,1-4H3;3-20H2,1-2H3. The zero-order valence-electron chi connectivity index (χ0n) is 35.5. The van der Waals surface area contributed by atoms with Crippen LogP contribution in [0.15, 0.2) is 24.3 Å². The Labute approximate surface area is 330 Å². The minimum atomic E-state index is -0.333. The molecule has 2 unspecified atom stereocenters. The van der Waals surface area contributed by atoms with E-state index in [0.29, 0.717) is 75.1 Å². The maximum Gasteiger partial charge on any atom is 0.338 e. The summed E-state index contributed by atoms with van der Waals surface area (Å²) in [5.41, 5.74) is 0.938. The number of rotatable bonds is 33. The number of ether oxygens (including phenoxy) is 4. The van der Waals surface area contributed by atoms with Crippen LogP contribution in [0.5, 0.6) is 0 Å². The van der Waals surface area contributed by atoms with Crippen molar-refractivity contribution in [2.24, 2.45) is 11.8 Å². The van der Waals surface area contributed by atoms with Crippen LogP contribution in [0.2, 0.25) is 0 Å². The normalized spacial score (nSPS) is 11.9. The largest absolute Gasteiger partial charge is 0.466 e. The van der Waals surface area contributed by atoms with Gasteiger partial charge in [0.25, 0.3) is 0 Å². The summed E-state index contributed by atoms with van der Waals surface area (Å²) >= 11 is 0. The molecule has 0 saturated heterocycles. The van der Waals surface area contributed by atoms with Crippen LogP contribution in [0.1, 0.15) is 216 Å². The van der Waals surface area contributed by atoms with Gasteiger partial charge in [0.15, 0.2) is 0 Å². The van der Waals surface area contributed by atoms with Crippen molar-refractivity contribution in [3.05, 3.63) is 35.4 Å². The Morgan fingerprint density at radius 2 is 0.759 bits per heavy atom. The molecule has 0 saturated carbocycles. The highest BCUT2D eigenvalue weighted by atomic mass is 16.5. The molecular weight excluding hydrogens is 680 g/mol. The van der Waals surface area contributed by atoms with Gasteiger partial charge in [-0.25, -0.2) is 9.59 Å². The third-order valence-electron chi connectivity index (χ3n) is 9.88. The van der Waals surface area contributed by atoms with Gasteiger partial charge in [0, 0.05) is 12.8 Å². The average Bonchev–Trinajstić information content (AvgIpc) is 3.19. The monoisotopic (exact) mass is 761 g/mol. The summed E-state index contributed by atoms with van der Waals surface area (Å²) < 4.78 is 21.3. The predicted molar refractivity (Wildman–Crippen MR) is 221 cm³/mol. The second-order valence-electron chi connectivity index (χ2n) is 14.8. The summed E-state index contributed by atoms with van der Waals surface area (Å²) in [5.74, 6) is -0.117. The van der Waals surface area contributed by atoms with Crippen LogP contribution in [-0.4, -0.2) is 50.3 Å². The van der Waals surface area contributed by atoms with E-state index in [-0.39, 0.29) is 23.9 Å². The Kier molecular flexibility index (Phi) is 35.1. The van der Waals surface area contributed by atoms with Crippen LogP contribution in [0.3, 0.4) is 0 Å². The summed E-state index contributed by atoms with van der Waals surface area (Å²) in [6, 6.07) is 6.56. The molecule has 0 aliphatic rings. The number of carbonyl (C=O) groups excluding carboxylic acids is 4. The van der Waals surface area contributed by atoms with Crippen molar-refractivity contribution < 1.29 is 38.1 Å². The molecule has 0 aliphatic carbocycles. The van der Waals surface area contributed by atoms with E-state index >= 15 is 0 Å². The van der Waals surface area contributed by atoms with Gasteiger partial charge in [-0.15, -0.1) is 0 Å². The first-order valence-corrected chi connectivity index (χ1v) is 22.0. The quantitative estimate of drug-likeness (QED) is 0.0396. The number of hydrogen-bond acceptors (Lipinski definition) is 8. The van der Waals surface area contributed by atoms with E-state index in [1.165, 1.54) is 51.4 Å². The molecule has 0 N–H and O–H groups in total. The van der Waals surface area contributed by atoms with Crippen molar-refractivity contribution in [3.8, 4) is 0 Å². The van der Waals surface area contributed by atoms with Gasteiger partial charge < -0.3 is 18.9 Å². The van der Waals surface area contributed by atoms with Gasteiger partial charge in [0.05, 0.1) is 37.6 Å². The molecule has 1 aromatic carbocycles. The molecule has 0 radical (unpaired) electrons. The molecule has 0 amide bonds. The Balaban J connectivity index is 0.00000104. The fourth-order valence-corrected chi connectivity index (χ4v) is 5.91. The first kappa shape index (κ1) is 51.1. The number of esters is 4. The van der Waals surface area contributed by atoms with Gasteiger partial charge in [0.1, 0.15) is 0 Å². The number of hydrogen-bond donors (Lipinski definition) is 0. The summed E-state index contributed by atoms with van der Waals surface area (Å²) in [6.45, 7) is 15.0. The van der Waals surface area contributed by atoms with Crippen molar-refractivity contribution in [1.82, 2.24) is 0 Å². The maximum absolute atomic E-state index is 12.2. The topological polar surface area (TPSA) is 105 Å². The van der Waals surface area contributed by atoms with Crippen LogP contribution in [-0.2, 0) is 28.5 Å². The molecule has 2 atom stereocenters.